The average molecular weight is 328 g/mol. The largest absolute Gasteiger partial charge is 0.375 e. The summed E-state index contributed by atoms with van der Waals surface area (Å²) in [6.07, 6.45) is 0.243. The highest BCUT2D eigenvalue weighted by atomic mass is 16.5. The first kappa shape index (κ1) is 16.5. The number of nitrogens with zero attached hydrogens (tertiary/aromatic N) is 2. The van der Waals surface area contributed by atoms with Gasteiger partial charge in [0.25, 0.3) is 5.91 Å². The van der Waals surface area contributed by atoms with Gasteiger partial charge in [0.05, 0.1) is 12.7 Å². The molecular formula is C18H24N4O2. The van der Waals surface area contributed by atoms with Crippen LogP contribution in [0.3, 0.4) is 0 Å². The second-order valence-corrected chi connectivity index (χ2v) is 6.49. The van der Waals surface area contributed by atoms with Crippen molar-refractivity contribution in [3.05, 3.63) is 41.7 Å². The molecule has 0 saturated carbocycles. The molecule has 24 heavy (non-hydrogen) atoms. The van der Waals surface area contributed by atoms with E-state index < -0.39 is 0 Å². The molecule has 0 radical (unpaired) electrons. The molecule has 2 N–H and O–H groups in total. The summed E-state index contributed by atoms with van der Waals surface area (Å²) >= 11 is 0. The number of anilines is 2. The molecule has 6 heteroatoms. The second-order valence-electron chi connectivity index (χ2n) is 6.49. The monoisotopic (exact) mass is 328 g/mol. The van der Waals surface area contributed by atoms with Crippen LogP contribution in [0, 0.1) is 0 Å². The van der Waals surface area contributed by atoms with Crippen molar-refractivity contribution in [2.24, 2.45) is 0 Å². The van der Waals surface area contributed by atoms with Gasteiger partial charge in [-0.05, 0) is 43.2 Å². The Hall–Kier alpha value is -2.34. The Kier molecular flexibility index (Phi) is 4.85. The molecule has 2 aromatic rings. The lowest BCUT2D eigenvalue weighted by atomic mass is 10.1. The molecule has 1 atom stereocenters. The van der Waals surface area contributed by atoms with Gasteiger partial charge in [0, 0.05) is 30.2 Å². The first-order valence-electron chi connectivity index (χ1n) is 8.36. The number of carbonyl (C=O) groups excluding carboxylic acids is 1. The van der Waals surface area contributed by atoms with Gasteiger partial charge in [-0.1, -0.05) is 13.8 Å². The molecule has 2 heterocycles. The lowest BCUT2D eigenvalue weighted by Crippen LogP contribution is -2.41. The van der Waals surface area contributed by atoms with Crippen LogP contribution >= 0.6 is 0 Å². The number of rotatable bonds is 4. The average Bonchev–Trinajstić information content (AvgIpc) is 3.06. The maximum atomic E-state index is 12.3. The van der Waals surface area contributed by atoms with Crippen LogP contribution in [-0.2, 0) is 4.74 Å². The van der Waals surface area contributed by atoms with Crippen LogP contribution in [0.15, 0.2) is 30.3 Å². The number of benzene rings is 1. The van der Waals surface area contributed by atoms with Crippen molar-refractivity contribution in [2.75, 3.05) is 29.9 Å². The number of H-pyrrole nitrogens is 1. The number of hydrogen-bond donors (Lipinski definition) is 2. The molecule has 1 saturated heterocycles. The van der Waals surface area contributed by atoms with Crippen molar-refractivity contribution in [1.82, 2.24) is 10.2 Å². The lowest BCUT2D eigenvalue weighted by molar-refractivity contribution is 0.0532. The third-order valence-electron chi connectivity index (χ3n) is 4.18. The standard InChI is InChI=1S/C18H24N4O2/c1-12(2)16-10-17(21-20-16)18(23)19-14-4-6-15(7-5-14)22-8-9-24-13(3)11-22/h4-7,10,12-13H,8-9,11H2,1-3H3,(H,19,23)(H,20,21)/t13-/m0/s1. The van der Waals surface area contributed by atoms with Crippen LogP contribution < -0.4 is 10.2 Å². The predicted molar refractivity (Wildman–Crippen MR) is 94.7 cm³/mol. The van der Waals surface area contributed by atoms with Crippen molar-refractivity contribution >= 4 is 17.3 Å². The third-order valence-corrected chi connectivity index (χ3v) is 4.18. The molecule has 0 spiro atoms. The normalized spacial score (nSPS) is 18.0. The fraction of sp³-hybridized carbons (Fsp3) is 0.444. The molecule has 3 rings (SSSR count). The van der Waals surface area contributed by atoms with Crippen LogP contribution in [0.2, 0.25) is 0 Å². The summed E-state index contributed by atoms with van der Waals surface area (Å²) in [6, 6.07) is 9.69. The molecular weight excluding hydrogens is 304 g/mol. The fourth-order valence-corrected chi connectivity index (χ4v) is 2.75. The van der Waals surface area contributed by atoms with E-state index in [4.69, 9.17) is 4.74 Å². The molecule has 6 nitrogen and oxygen atoms in total. The van der Waals surface area contributed by atoms with Crippen LogP contribution in [-0.4, -0.2) is 41.9 Å². The van der Waals surface area contributed by atoms with Crippen molar-refractivity contribution in [2.45, 2.75) is 32.8 Å². The summed E-state index contributed by atoms with van der Waals surface area (Å²) in [6.45, 7) is 8.71. The van der Waals surface area contributed by atoms with Crippen molar-refractivity contribution in [3.8, 4) is 0 Å². The Balaban J connectivity index is 1.64. The van der Waals surface area contributed by atoms with Crippen LogP contribution in [0.25, 0.3) is 0 Å². The van der Waals surface area contributed by atoms with Gasteiger partial charge < -0.3 is 15.0 Å². The molecule has 128 valence electrons. The predicted octanol–water partition coefficient (Wildman–Crippen LogP) is 3.01. The van der Waals surface area contributed by atoms with Gasteiger partial charge in [-0.15, -0.1) is 0 Å². The number of ether oxygens (including phenoxy) is 1. The van der Waals surface area contributed by atoms with E-state index in [1.807, 2.05) is 24.3 Å². The first-order valence-corrected chi connectivity index (χ1v) is 8.36. The number of nitrogens with one attached hydrogen (secondary N) is 2. The Morgan fingerprint density at radius 3 is 2.75 bits per heavy atom. The Bertz CT molecular complexity index is 693. The minimum Gasteiger partial charge on any atom is -0.375 e. The number of morpholine rings is 1. The maximum Gasteiger partial charge on any atom is 0.276 e. The summed E-state index contributed by atoms with van der Waals surface area (Å²) in [5.41, 5.74) is 3.27. The van der Waals surface area contributed by atoms with Crippen LogP contribution in [0.1, 0.15) is 42.9 Å². The Morgan fingerprint density at radius 2 is 2.12 bits per heavy atom. The van der Waals surface area contributed by atoms with Gasteiger partial charge in [0.2, 0.25) is 0 Å². The summed E-state index contributed by atoms with van der Waals surface area (Å²) in [5.74, 6) is 0.111. The number of aromatic amines is 1. The zero-order valence-electron chi connectivity index (χ0n) is 14.4. The highest BCUT2D eigenvalue weighted by molar-refractivity contribution is 6.03. The SMILES string of the molecule is CC(C)c1cc(C(=O)Nc2ccc(N3CCO[C@@H](C)C3)cc2)n[nH]1. The van der Waals surface area contributed by atoms with Crippen LogP contribution in [0.5, 0.6) is 0 Å². The summed E-state index contributed by atoms with van der Waals surface area (Å²) < 4.78 is 5.57. The van der Waals surface area contributed by atoms with E-state index >= 15 is 0 Å². The zero-order chi connectivity index (χ0) is 17.1. The third kappa shape index (κ3) is 3.76. The molecule has 0 unspecified atom stereocenters. The van der Waals surface area contributed by atoms with E-state index in [1.165, 1.54) is 0 Å². The highest BCUT2D eigenvalue weighted by Gasteiger charge is 2.17. The number of carbonyl (C=O) groups is 1. The van der Waals surface area contributed by atoms with E-state index in [9.17, 15) is 4.79 Å². The van der Waals surface area contributed by atoms with E-state index in [-0.39, 0.29) is 12.0 Å². The first-order chi connectivity index (χ1) is 11.5. The number of hydrogen-bond acceptors (Lipinski definition) is 4. The van der Waals surface area contributed by atoms with E-state index in [2.05, 4.69) is 41.2 Å². The lowest BCUT2D eigenvalue weighted by Gasteiger charge is -2.33. The molecule has 1 aromatic carbocycles. The Morgan fingerprint density at radius 1 is 1.38 bits per heavy atom. The summed E-state index contributed by atoms with van der Waals surface area (Å²) in [7, 11) is 0. The van der Waals surface area contributed by atoms with Crippen molar-refractivity contribution in [1.29, 1.82) is 0 Å². The molecule has 1 aliphatic rings. The van der Waals surface area contributed by atoms with E-state index in [0.717, 1.165) is 36.8 Å². The molecule has 1 fully saturated rings. The molecule has 0 aliphatic carbocycles. The van der Waals surface area contributed by atoms with Gasteiger partial charge in [0.15, 0.2) is 5.69 Å². The van der Waals surface area contributed by atoms with Crippen molar-refractivity contribution < 1.29 is 9.53 Å². The van der Waals surface area contributed by atoms with Crippen LogP contribution in [0.4, 0.5) is 11.4 Å². The molecule has 1 aliphatic heterocycles. The molecule has 1 amide bonds. The van der Waals surface area contributed by atoms with Gasteiger partial charge in [-0.3, -0.25) is 9.89 Å². The van der Waals surface area contributed by atoms with Gasteiger partial charge in [0.1, 0.15) is 0 Å². The summed E-state index contributed by atoms with van der Waals surface area (Å²) in [5, 5.41) is 9.86. The minimum atomic E-state index is -0.203. The molecule has 1 aromatic heterocycles. The van der Waals surface area contributed by atoms with Gasteiger partial charge >= 0.3 is 0 Å². The fourth-order valence-electron chi connectivity index (χ4n) is 2.75. The number of aromatic nitrogens is 2. The number of amides is 1. The highest BCUT2D eigenvalue weighted by Crippen LogP contribution is 2.21. The van der Waals surface area contributed by atoms with Gasteiger partial charge in [-0.2, -0.15) is 5.10 Å². The Labute approximate surface area is 142 Å². The minimum absolute atomic E-state index is 0.203. The maximum absolute atomic E-state index is 12.3. The quantitative estimate of drug-likeness (QED) is 0.905. The second kappa shape index (κ2) is 7.05. The summed E-state index contributed by atoms with van der Waals surface area (Å²) in [4.78, 5) is 14.6. The zero-order valence-corrected chi connectivity index (χ0v) is 14.4. The van der Waals surface area contributed by atoms with E-state index in [0.29, 0.717) is 11.6 Å². The molecule has 0 bridgehead atoms. The van der Waals surface area contributed by atoms with Crippen molar-refractivity contribution in [3.63, 3.8) is 0 Å². The topological polar surface area (TPSA) is 70.2 Å². The van der Waals surface area contributed by atoms with Gasteiger partial charge in [-0.25, -0.2) is 0 Å². The van der Waals surface area contributed by atoms with E-state index in [1.54, 1.807) is 6.07 Å². The smallest absolute Gasteiger partial charge is 0.276 e.